The normalized spacial score (nSPS) is 15.5. The molecule has 6 heteroatoms. The predicted octanol–water partition coefficient (Wildman–Crippen LogP) is 2.04. The van der Waals surface area contributed by atoms with E-state index in [2.05, 4.69) is 4.52 Å². The first kappa shape index (κ1) is 12.7. The van der Waals surface area contributed by atoms with Crippen molar-refractivity contribution in [1.82, 2.24) is 6.15 Å². The van der Waals surface area contributed by atoms with Crippen LogP contribution in [0.25, 0.3) is 0 Å². The molecule has 0 heterocycles. The number of halogens is 1. The minimum absolute atomic E-state index is 0. The molecule has 1 unspecified atom stereocenters. The molecule has 0 aromatic carbocycles. The van der Waals surface area contributed by atoms with Gasteiger partial charge in [-0.15, -0.1) is 4.20 Å². The van der Waals surface area contributed by atoms with E-state index in [4.69, 9.17) is 4.89 Å². The second kappa shape index (κ2) is 5.80. The highest BCUT2D eigenvalue weighted by Crippen LogP contribution is 2.43. The smallest absolute Gasteiger partial charge is 0.344 e. The molecule has 0 saturated carbocycles. The lowest BCUT2D eigenvalue weighted by atomic mass is 10.4. The average molecular weight is 173 g/mol. The van der Waals surface area contributed by atoms with Gasteiger partial charge < -0.3 is 6.15 Å². The molecule has 0 saturated heterocycles. The van der Waals surface area contributed by atoms with Crippen LogP contribution in [0.3, 0.4) is 0 Å². The summed E-state index contributed by atoms with van der Waals surface area (Å²) in [5.41, 5.74) is 0. The summed E-state index contributed by atoms with van der Waals surface area (Å²) in [6, 6.07) is 0. The summed E-state index contributed by atoms with van der Waals surface area (Å²) < 4.78 is 25.3. The van der Waals surface area contributed by atoms with Crippen molar-refractivity contribution in [2.24, 2.45) is 0 Å². The summed E-state index contributed by atoms with van der Waals surface area (Å²) >= 11 is 0. The van der Waals surface area contributed by atoms with Crippen molar-refractivity contribution < 1.29 is 18.2 Å². The molecule has 0 spiro atoms. The SMILES string of the molecule is CCCCOP(=O)(O)F.N. The van der Waals surface area contributed by atoms with E-state index < -0.39 is 7.91 Å². The standard InChI is InChI=1S/C4H10FO3P.H3N/c1-2-3-4-8-9(5,6)7;/h2-4H2,1H3,(H,6,7);1H3. The minimum Gasteiger partial charge on any atom is -0.344 e. The Hall–Kier alpha value is 0.0400. The lowest BCUT2D eigenvalue weighted by molar-refractivity contribution is 0.223. The Kier molecular flexibility index (Phi) is 7.36. The van der Waals surface area contributed by atoms with Crippen LogP contribution >= 0.6 is 7.91 Å². The van der Waals surface area contributed by atoms with Gasteiger partial charge in [0.1, 0.15) is 0 Å². The van der Waals surface area contributed by atoms with Crippen molar-refractivity contribution in [2.45, 2.75) is 19.8 Å². The molecule has 0 radical (unpaired) electrons. The number of rotatable bonds is 4. The predicted molar refractivity (Wildman–Crippen MR) is 36.8 cm³/mol. The van der Waals surface area contributed by atoms with Crippen molar-refractivity contribution in [3.05, 3.63) is 0 Å². The molecule has 0 rings (SSSR count). The first-order valence-corrected chi connectivity index (χ1v) is 4.20. The van der Waals surface area contributed by atoms with Crippen molar-refractivity contribution in [2.75, 3.05) is 6.61 Å². The van der Waals surface area contributed by atoms with Gasteiger partial charge in [0.2, 0.25) is 0 Å². The highest BCUT2D eigenvalue weighted by Gasteiger charge is 2.15. The monoisotopic (exact) mass is 173 g/mol. The zero-order valence-electron chi connectivity index (χ0n) is 5.92. The molecule has 0 aromatic heterocycles. The molecule has 10 heavy (non-hydrogen) atoms. The highest BCUT2D eigenvalue weighted by atomic mass is 31.2. The van der Waals surface area contributed by atoms with Crippen LogP contribution in [0.1, 0.15) is 19.8 Å². The van der Waals surface area contributed by atoms with Gasteiger partial charge in [-0.05, 0) is 6.42 Å². The lowest BCUT2D eigenvalue weighted by Gasteiger charge is -1.99. The zero-order valence-corrected chi connectivity index (χ0v) is 6.81. The third kappa shape index (κ3) is 10.9. The van der Waals surface area contributed by atoms with E-state index in [9.17, 15) is 8.76 Å². The fourth-order valence-corrected chi connectivity index (χ4v) is 0.676. The first-order valence-electron chi connectivity index (χ1n) is 2.73. The molecule has 0 fully saturated rings. The number of hydrogen-bond acceptors (Lipinski definition) is 3. The van der Waals surface area contributed by atoms with E-state index in [1.807, 2.05) is 6.92 Å². The molecule has 0 aliphatic carbocycles. The molecule has 0 aliphatic rings. The second-order valence-electron chi connectivity index (χ2n) is 1.64. The average Bonchev–Trinajstić information content (AvgIpc) is 1.63. The van der Waals surface area contributed by atoms with Gasteiger partial charge in [-0.25, -0.2) is 4.57 Å². The Labute approximate surface area is 59.6 Å². The van der Waals surface area contributed by atoms with E-state index >= 15 is 0 Å². The van der Waals surface area contributed by atoms with Gasteiger partial charge >= 0.3 is 7.91 Å². The molecule has 0 aliphatic heterocycles. The van der Waals surface area contributed by atoms with Crippen LogP contribution in [-0.2, 0) is 9.09 Å². The largest absolute Gasteiger partial charge is 0.510 e. The van der Waals surface area contributed by atoms with Gasteiger partial charge in [-0.3, -0.25) is 9.42 Å². The number of hydrogen-bond donors (Lipinski definition) is 2. The highest BCUT2D eigenvalue weighted by molar-refractivity contribution is 7.46. The summed E-state index contributed by atoms with van der Waals surface area (Å²) in [5, 5.41) is 0. The van der Waals surface area contributed by atoms with Crippen LogP contribution in [0, 0.1) is 0 Å². The fraction of sp³-hybridized carbons (Fsp3) is 1.00. The van der Waals surface area contributed by atoms with Crippen LogP contribution in [0.2, 0.25) is 0 Å². The van der Waals surface area contributed by atoms with Crippen LogP contribution in [-0.4, -0.2) is 11.5 Å². The van der Waals surface area contributed by atoms with Crippen LogP contribution in [0.15, 0.2) is 0 Å². The maximum absolute atomic E-state index is 11.6. The summed E-state index contributed by atoms with van der Waals surface area (Å²) in [5.74, 6) is 0. The van der Waals surface area contributed by atoms with E-state index in [1.165, 1.54) is 0 Å². The van der Waals surface area contributed by atoms with Crippen molar-refractivity contribution >= 4 is 7.91 Å². The summed E-state index contributed by atoms with van der Waals surface area (Å²) in [7, 11) is -4.70. The minimum atomic E-state index is -4.70. The topological polar surface area (TPSA) is 81.5 Å². The Balaban J connectivity index is 0. The van der Waals surface area contributed by atoms with E-state index in [0.29, 0.717) is 6.42 Å². The molecule has 4 N–H and O–H groups in total. The van der Waals surface area contributed by atoms with Crippen molar-refractivity contribution in [3.63, 3.8) is 0 Å². The van der Waals surface area contributed by atoms with E-state index in [1.54, 1.807) is 0 Å². The third-order valence-corrected chi connectivity index (χ3v) is 1.25. The molecular weight excluding hydrogens is 160 g/mol. The van der Waals surface area contributed by atoms with Crippen LogP contribution in [0.4, 0.5) is 4.20 Å². The quantitative estimate of drug-likeness (QED) is 0.503. The molecule has 0 amide bonds. The molecule has 1 atom stereocenters. The maximum atomic E-state index is 11.6. The Morgan fingerprint density at radius 3 is 2.50 bits per heavy atom. The Bertz CT molecular complexity index is 115. The fourth-order valence-electron chi connectivity index (χ4n) is 0.321. The van der Waals surface area contributed by atoms with Gasteiger partial charge in [-0.2, -0.15) is 0 Å². The van der Waals surface area contributed by atoms with Gasteiger partial charge in [0.15, 0.2) is 0 Å². The second-order valence-corrected chi connectivity index (χ2v) is 2.80. The zero-order chi connectivity index (χ0) is 7.33. The van der Waals surface area contributed by atoms with Gasteiger partial charge in [0, 0.05) is 0 Å². The van der Waals surface area contributed by atoms with Crippen molar-refractivity contribution in [3.8, 4) is 0 Å². The van der Waals surface area contributed by atoms with E-state index in [0.717, 1.165) is 6.42 Å². The molecule has 0 bridgehead atoms. The number of unbranched alkanes of at least 4 members (excludes halogenated alkanes) is 1. The van der Waals surface area contributed by atoms with Crippen LogP contribution < -0.4 is 6.15 Å². The summed E-state index contributed by atoms with van der Waals surface area (Å²) in [6.45, 7) is 1.89. The lowest BCUT2D eigenvalue weighted by Crippen LogP contribution is -1.87. The molecule has 0 aromatic rings. The van der Waals surface area contributed by atoms with Gasteiger partial charge in [0.25, 0.3) is 0 Å². The third-order valence-electron chi connectivity index (χ3n) is 0.748. The Morgan fingerprint density at radius 1 is 1.70 bits per heavy atom. The van der Waals surface area contributed by atoms with Gasteiger partial charge in [-0.1, -0.05) is 13.3 Å². The summed E-state index contributed by atoms with van der Waals surface area (Å²) in [4.78, 5) is 7.91. The van der Waals surface area contributed by atoms with E-state index in [-0.39, 0.29) is 12.8 Å². The molecule has 4 nitrogen and oxygen atoms in total. The first-order chi connectivity index (χ1) is 4.06. The molecular formula is C4H13FNO3P. The Morgan fingerprint density at radius 2 is 2.20 bits per heavy atom. The molecule has 64 valence electrons. The van der Waals surface area contributed by atoms with Gasteiger partial charge in [0.05, 0.1) is 6.61 Å². The van der Waals surface area contributed by atoms with Crippen LogP contribution in [0.5, 0.6) is 0 Å². The maximum Gasteiger partial charge on any atom is 0.510 e. The summed E-state index contributed by atoms with van der Waals surface area (Å²) in [6.07, 6.45) is 1.43. The van der Waals surface area contributed by atoms with Crippen molar-refractivity contribution in [1.29, 1.82) is 0 Å².